The van der Waals surface area contributed by atoms with E-state index in [0.29, 0.717) is 25.2 Å². The van der Waals surface area contributed by atoms with Gasteiger partial charge in [0.2, 0.25) is 5.91 Å². The zero-order valence-electron chi connectivity index (χ0n) is 15.3. The van der Waals surface area contributed by atoms with Gasteiger partial charge < -0.3 is 20.6 Å². The molecule has 10 heteroatoms. The Morgan fingerprint density at radius 3 is 2.70 bits per heavy atom. The van der Waals surface area contributed by atoms with Crippen molar-refractivity contribution in [2.75, 3.05) is 19.6 Å². The monoisotopic (exact) mass is 373 g/mol. The number of tetrazole rings is 1. The number of nitrogens with zero attached hydrogens (tertiary/aromatic N) is 6. The third-order valence-corrected chi connectivity index (χ3v) is 4.78. The molecule has 0 spiro atoms. The summed E-state index contributed by atoms with van der Waals surface area (Å²) in [5.74, 6) is -0.746. The maximum Gasteiger partial charge on any atom is 0.258 e. The van der Waals surface area contributed by atoms with Crippen LogP contribution in [-0.4, -0.2) is 78.6 Å². The number of hydrogen-bond donors (Lipinski definition) is 2. The Labute approximate surface area is 156 Å². The average Bonchev–Trinajstić information content (AvgIpc) is 3.32. The highest BCUT2D eigenvalue weighted by Gasteiger charge is 2.40. The second kappa shape index (κ2) is 7.70. The number of phenols is 1. The lowest BCUT2D eigenvalue weighted by molar-refractivity contribution is -0.134. The van der Waals surface area contributed by atoms with Crippen LogP contribution in [0.5, 0.6) is 5.75 Å². The molecule has 1 saturated heterocycles. The number of carbonyl (C=O) groups is 2. The first-order valence-corrected chi connectivity index (χ1v) is 8.87. The van der Waals surface area contributed by atoms with Gasteiger partial charge in [-0.2, -0.15) is 0 Å². The van der Waals surface area contributed by atoms with E-state index in [2.05, 4.69) is 15.5 Å². The van der Waals surface area contributed by atoms with E-state index in [0.717, 1.165) is 0 Å². The number of carbonyl (C=O) groups excluding carboxylic acids is 2. The summed E-state index contributed by atoms with van der Waals surface area (Å²) in [6, 6.07) is 3.57. The highest BCUT2D eigenvalue weighted by molar-refractivity contribution is 6.00. The van der Waals surface area contributed by atoms with Gasteiger partial charge in [0.05, 0.1) is 11.3 Å². The predicted octanol–water partition coefficient (Wildman–Crippen LogP) is -0.222. The van der Waals surface area contributed by atoms with Gasteiger partial charge in [0.25, 0.3) is 5.91 Å². The van der Waals surface area contributed by atoms with Crippen LogP contribution in [0.25, 0.3) is 5.69 Å². The fraction of sp³-hybridized carbons (Fsp3) is 0.471. The minimum atomic E-state index is -0.636. The number of amides is 2. The van der Waals surface area contributed by atoms with Crippen LogP contribution in [0.2, 0.25) is 0 Å². The molecule has 1 aromatic carbocycles. The minimum Gasteiger partial charge on any atom is -0.507 e. The van der Waals surface area contributed by atoms with Crippen molar-refractivity contribution in [2.24, 2.45) is 5.73 Å². The molecule has 1 aliphatic rings. The van der Waals surface area contributed by atoms with E-state index < -0.39 is 11.9 Å². The molecule has 27 heavy (non-hydrogen) atoms. The highest BCUT2D eigenvalue weighted by atomic mass is 16.3. The first-order chi connectivity index (χ1) is 13.0. The van der Waals surface area contributed by atoms with Crippen molar-refractivity contribution in [1.82, 2.24) is 30.0 Å². The number of aromatic nitrogens is 4. The zero-order valence-corrected chi connectivity index (χ0v) is 15.3. The van der Waals surface area contributed by atoms with Crippen molar-refractivity contribution < 1.29 is 14.7 Å². The zero-order chi connectivity index (χ0) is 19.6. The molecule has 1 aliphatic heterocycles. The summed E-state index contributed by atoms with van der Waals surface area (Å²) in [5.41, 5.74) is 6.64. The maximum atomic E-state index is 13.1. The van der Waals surface area contributed by atoms with Crippen molar-refractivity contribution in [3.8, 4) is 11.4 Å². The van der Waals surface area contributed by atoms with Crippen molar-refractivity contribution in [3.63, 3.8) is 0 Å². The molecule has 3 N–H and O–H groups in total. The average molecular weight is 373 g/mol. The second-order valence-corrected chi connectivity index (χ2v) is 6.44. The molecule has 0 radical (unpaired) electrons. The molecule has 1 fully saturated rings. The number of likely N-dealkylation sites (N-methyl/N-ethyl adjacent to an activating group) is 1. The summed E-state index contributed by atoms with van der Waals surface area (Å²) >= 11 is 0. The van der Waals surface area contributed by atoms with Gasteiger partial charge >= 0.3 is 0 Å². The number of likely N-dealkylation sites (tertiary alicyclic amines) is 1. The molecule has 2 aromatic rings. The maximum absolute atomic E-state index is 13.1. The van der Waals surface area contributed by atoms with Crippen LogP contribution < -0.4 is 5.73 Å². The van der Waals surface area contributed by atoms with E-state index in [-0.39, 0.29) is 29.8 Å². The third kappa shape index (κ3) is 3.61. The Hall–Kier alpha value is -3.01. The van der Waals surface area contributed by atoms with Crippen LogP contribution in [-0.2, 0) is 4.79 Å². The first-order valence-electron chi connectivity index (χ1n) is 8.87. The number of nitrogens with two attached hydrogens (primary N) is 1. The molecule has 2 atom stereocenters. The fourth-order valence-corrected chi connectivity index (χ4v) is 3.35. The Balaban J connectivity index is 1.92. The normalized spacial score (nSPS) is 19.3. The highest BCUT2D eigenvalue weighted by Crippen LogP contribution is 2.27. The van der Waals surface area contributed by atoms with Gasteiger partial charge in [-0.05, 0) is 48.9 Å². The number of rotatable bonds is 5. The van der Waals surface area contributed by atoms with Crippen LogP contribution in [0.15, 0.2) is 24.5 Å². The largest absolute Gasteiger partial charge is 0.507 e. The quantitative estimate of drug-likeness (QED) is 0.741. The summed E-state index contributed by atoms with van der Waals surface area (Å²) in [6.45, 7) is 5.16. The summed E-state index contributed by atoms with van der Waals surface area (Å²) < 4.78 is 1.38. The van der Waals surface area contributed by atoms with Crippen LogP contribution in [0.4, 0.5) is 0 Å². The van der Waals surface area contributed by atoms with Crippen molar-refractivity contribution >= 4 is 11.8 Å². The van der Waals surface area contributed by atoms with E-state index >= 15 is 0 Å². The predicted molar refractivity (Wildman–Crippen MR) is 96.2 cm³/mol. The Bertz CT molecular complexity index is 820. The molecular formula is C17H23N7O3. The molecular weight excluding hydrogens is 350 g/mol. The lowest BCUT2D eigenvalue weighted by Crippen LogP contribution is -2.47. The summed E-state index contributed by atoms with van der Waals surface area (Å²) in [7, 11) is 0. The molecule has 2 heterocycles. The fourth-order valence-electron chi connectivity index (χ4n) is 3.35. The van der Waals surface area contributed by atoms with Crippen LogP contribution in [0, 0.1) is 0 Å². The van der Waals surface area contributed by atoms with Gasteiger partial charge in [-0.25, -0.2) is 4.68 Å². The van der Waals surface area contributed by atoms with Gasteiger partial charge in [-0.15, -0.1) is 5.10 Å². The topological polar surface area (TPSA) is 130 Å². The third-order valence-electron chi connectivity index (χ3n) is 4.78. The van der Waals surface area contributed by atoms with E-state index in [1.807, 2.05) is 13.8 Å². The molecule has 10 nitrogen and oxygen atoms in total. The van der Waals surface area contributed by atoms with Crippen LogP contribution in [0.3, 0.4) is 0 Å². The van der Waals surface area contributed by atoms with E-state index in [4.69, 9.17) is 5.73 Å². The summed E-state index contributed by atoms with van der Waals surface area (Å²) in [4.78, 5) is 29.1. The van der Waals surface area contributed by atoms with Crippen molar-refractivity contribution in [1.29, 1.82) is 0 Å². The molecule has 0 aliphatic carbocycles. The van der Waals surface area contributed by atoms with E-state index in [9.17, 15) is 14.7 Å². The lowest BCUT2D eigenvalue weighted by Gasteiger charge is -2.29. The van der Waals surface area contributed by atoms with Crippen molar-refractivity contribution in [3.05, 3.63) is 30.1 Å². The molecule has 3 rings (SSSR count). The molecule has 0 unspecified atom stereocenters. The lowest BCUT2D eigenvalue weighted by atomic mass is 10.1. The van der Waals surface area contributed by atoms with Crippen LogP contribution >= 0.6 is 0 Å². The molecule has 0 bridgehead atoms. The van der Waals surface area contributed by atoms with E-state index in [1.54, 1.807) is 11.0 Å². The number of aromatic hydroxyl groups is 1. The van der Waals surface area contributed by atoms with Gasteiger partial charge in [-0.3, -0.25) is 9.59 Å². The van der Waals surface area contributed by atoms with Gasteiger partial charge in [-0.1, -0.05) is 0 Å². The molecule has 144 valence electrons. The van der Waals surface area contributed by atoms with E-state index in [1.165, 1.54) is 28.0 Å². The summed E-state index contributed by atoms with van der Waals surface area (Å²) in [5, 5.41) is 21.1. The molecule has 0 saturated carbocycles. The summed E-state index contributed by atoms with van der Waals surface area (Å²) in [6.07, 6.45) is 1.79. The standard InChI is InChI=1S/C17H23N7O3/c1-3-22(4-2)17(27)14-7-11(18)9-23(14)16(26)13-8-12(5-6-15(13)25)24-10-19-20-21-24/h5-6,8,10-11,14,25H,3-4,7,9,18H2,1-2H3/t11-,14+/m1/s1. The first kappa shape index (κ1) is 18.8. The second-order valence-electron chi connectivity index (χ2n) is 6.44. The Kier molecular flexibility index (Phi) is 5.36. The van der Waals surface area contributed by atoms with Gasteiger partial charge in [0.1, 0.15) is 18.1 Å². The number of phenolic OH excluding ortho intramolecular Hbond substituents is 1. The van der Waals surface area contributed by atoms with Gasteiger partial charge in [0, 0.05) is 25.7 Å². The van der Waals surface area contributed by atoms with Crippen LogP contribution in [0.1, 0.15) is 30.6 Å². The SMILES string of the molecule is CCN(CC)C(=O)[C@@H]1C[C@@H](N)CN1C(=O)c1cc(-n2cnnn2)ccc1O. The smallest absolute Gasteiger partial charge is 0.258 e. The molecule has 1 aromatic heterocycles. The Morgan fingerprint density at radius 2 is 2.07 bits per heavy atom. The minimum absolute atomic E-state index is 0.0782. The van der Waals surface area contributed by atoms with Crippen molar-refractivity contribution in [2.45, 2.75) is 32.4 Å². The Morgan fingerprint density at radius 1 is 1.33 bits per heavy atom. The van der Waals surface area contributed by atoms with Gasteiger partial charge in [0.15, 0.2) is 0 Å². The molecule has 2 amide bonds. The number of hydrogen-bond acceptors (Lipinski definition) is 7. The number of benzene rings is 1.